The summed E-state index contributed by atoms with van der Waals surface area (Å²) in [6.07, 6.45) is 3.46. The number of nitro benzene ring substituents is 1. The number of nitrogens with one attached hydrogen (secondary N) is 1. The van der Waals surface area contributed by atoms with Gasteiger partial charge in [0.2, 0.25) is 0 Å². The SMILES string of the molecule is O=[N+]([O-])c1ccc2c(c1)NC(=S)C1CCCC21. The molecule has 1 aliphatic carbocycles. The van der Waals surface area contributed by atoms with Crippen LogP contribution in [0.15, 0.2) is 18.2 Å². The number of nitro groups is 1. The Morgan fingerprint density at radius 2 is 2.12 bits per heavy atom. The van der Waals surface area contributed by atoms with Crippen LogP contribution in [0.2, 0.25) is 0 Å². The Balaban J connectivity index is 2.07. The third-order valence-corrected chi connectivity index (χ3v) is 4.16. The summed E-state index contributed by atoms with van der Waals surface area (Å²) in [7, 11) is 0. The predicted molar refractivity (Wildman–Crippen MR) is 69.4 cm³/mol. The molecule has 4 nitrogen and oxygen atoms in total. The van der Waals surface area contributed by atoms with E-state index in [4.69, 9.17) is 12.2 Å². The van der Waals surface area contributed by atoms with Crippen molar-refractivity contribution in [2.24, 2.45) is 5.92 Å². The summed E-state index contributed by atoms with van der Waals surface area (Å²) in [5, 5.41) is 13.9. The van der Waals surface area contributed by atoms with Crippen molar-refractivity contribution in [3.8, 4) is 0 Å². The molecule has 88 valence electrons. The maximum atomic E-state index is 10.7. The predicted octanol–water partition coefficient (Wildman–Crippen LogP) is 3.23. The van der Waals surface area contributed by atoms with Crippen LogP contribution < -0.4 is 5.32 Å². The molecule has 0 saturated heterocycles. The molecule has 2 unspecified atom stereocenters. The maximum absolute atomic E-state index is 10.7. The number of non-ortho nitro benzene ring substituents is 1. The molecule has 3 rings (SSSR count). The van der Waals surface area contributed by atoms with Crippen molar-refractivity contribution in [3.63, 3.8) is 0 Å². The molecule has 2 aliphatic rings. The number of hydrogen-bond donors (Lipinski definition) is 1. The van der Waals surface area contributed by atoms with Gasteiger partial charge in [-0.05, 0) is 30.4 Å². The van der Waals surface area contributed by atoms with Crippen molar-refractivity contribution in [1.29, 1.82) is 0 Å². The first-order valence-electron chi connectivity index (χ1n) is 5.76. The normalized spacial score (nSPS) is 26.0. The summed E-state index contributed by atoms with van der Waals surface area (Å²) in [4.78, 5) is 11.2. The van der Waals surface area contributed by atoms with Gasteiger partial charge < -0.3 is 5.32 Å². The molecular weight excluding hydrogens is 236 g/mol. The van der Waals surface area contributed by atoms with Gasteiger partial charge in [0.1, 0.15) is 0 Å². The molecule has 1 aliphatic heterocycles. The standard InChI is InChI=1S/C12H12N2O2S/c15-14(16)7-4-5-9-8-2-1-3-10(8)12(17)13-11(9)6-7/h4-6,8,10H,1-3H2,(H,13,17). The highest BCUT2D eigenvalue weighted by atomic mass is 32.1. The molecule has 1 fully saturated rings. The highest BCUT2D eigenvalue weighted by molar-refractivity contribution is 7.80. The second-order valence-electron chi connectivity index (χ2n) is 4.66. The van der Waals surface area contributed by atoms with E-state index in [1.165, 1.54) is 12.0 Å². The van der Waals surface area contributed by atoms with E-state index < -0.39 is 0 Å². The quantitative estimate of drug-likeness (QED) is 0.471. The fourth-order valence-electron chi connectivity index (χ4n) is 2.96. The van der Waals surface area contributed by atoms with Crippen LogP contribution in [0.5, 0.6) is 0 Å². The third kappa shape index (κ3) is 1.61. The fourth-order valence-corrected chi connectivity index (χ4v) is 3.35. The maximum Gasteiger partial charge on any atom is 0.271 e. The first-order valence-corrected chi connectivity index (χ1v) is 6.17. The molecule has 2 atom stereocenters. The average Bonchev–Trinajstić information content (AvgIpc) is 2.78. The van der Waals surface area contributed by atoms with E-state index in [9.17, 15) is 10.1 Å². The molecule has 0 aromatic heterocycles. The van der Waals surface area contributed by atoms with Crippen LogP contribution in [0, 0.1) is 16.0 Å². The van der Waals surface area contributed by atoms with Crippen LogP contribution in [0.3, 0.4) is 0 Å². The second kappa shape index (κ2) is 3.77. The van der Waals surface area contributed by atoms with Gasteiger partial charge in [-0.15, -0.1) is 0 Å². The van der Waals surface area contributed by atoms with Crippen molar-refractivity contribution in [2.45, 2.75) is 25.2 Å². The Morgan fingerprint density at radius 3 is 2.88 bits per heavy atom. The summed E-state index contributed by atoms with van der Waals surface area (Å²) < 4.78 is 0. The van der Waals surface area contributed by atoms with E-state index in [0.717, 1.165) is 23.5 Å². The molecule has 5 heteroatoms. The van der Waals surface area contributed by atoms with Crippen LogP contribution in [0.1, 0.15) is 30.7 Å². The summed E-state index contributed by atoms with van der Waals surface area (Å²) in [6, 6.07) is 5.06. The second-order valence-corrected chi connectivity index (χ2v) is 5.10. The third-order valence-electron chi connectivity index (χ3n) is 3.76. The lowest BCUT2D eigenvalue weighted by molar-refractivity contribution is -0.384. The minimum absolute atomic E-state index is 0.121. The van der Waals surface area contributed by atoms with Crippen molar-refractivity contribution >= 4 is 28.6 Å². The Kier molecular flexibility index (Phi) is 2.36. The number of thiocarbonyl (C=S) groups is 1. The summed E-state index contributed by atoms with van der Waals surface area (Å²) in [5.74, 6) is 0.888. The van der Waals surface area contributed by atoms with Gasteiger partial charge in [0, 0.05) is 23.7 Å². The summed E-state index contributed by atoms with van der Waals surface area (Å²) >= 11 is 5.35. The van der Waals surface area contributed by atoms with E-state index >= 15 is 0 Å². The van der Waals surface area contributed by atoms with Crippen molar-refractivity contribution < 1.29 is 4.92 Å². The van der Waals surface area contributed by atoms with E-state index in [1.807, 2.05) is 6.07 Å². The van der Waals surface area contributed by atoms with Gasteiger partial charge in [0.05, 0.1) is 9.91 Å². The van der Waals surface area contributed by atoms with Gasteiger partial charge in [-0.3, -0.25) is 10.1 Å². The van der Waals surface area contributed by atoms with E-state index in [-0.39, 0.29) is 10.6 Å². The molecule has 1 N–H and O–H groups in total. The Labute approximate surface area is 104 Å². The minimum atomic E-state index is -0.369. The molecule has 1 heterocycles. The van der Waals surface area contributed by atoms with E-state index in [0.29, 0.717) is 11.8 Å². The first kappa shape index (κ1) is 10.7. The van der Waals surface area contributed by atoms with E-state index in [1.54, 1.807) is 12.1 Å². The number of hydrogen-bond acceptors (Lipinski definition) is 3. The van der Waals surface area contributed by atoms with Gasteiger partial charge in [-0.2, -0.15) is 0 Å². The van der Waals surface area contributed by atoms with Crippen LogP contribution in [-0.2, 0) is 0 Å². The highest BCUT2D eigenvalue weighted by Crippen LogP contribution is 2.47. The zero-order chi connectivity index (χ0) is 12.0. The molecule has 1 saturated carbocycles. The average molecular weight is 248 g/mol. The van der Waals surface area contributed by atoms with Gasteiger partial charge >= 0.3 is 0 Å². The van der Waals surface area contributed by atoms with Gasteiger partial charge in [-0.25, -0.2) is 0 Å². The Bertz CT molecular complexity index is 515. The molecule has 1 aromatic carbocycles. The van der Waals surface area contributed by atoms with Crippen LogP contribution in [0.25, 0.3) is 0 Å². The highest BCUT2D eigenvalue weighted by Gasteiger charge is 2.37. The molecule has 0 bridgehead atoms. The molecule has 0 amide bonds. The number of fused-ring (bicyclic) bond motifs is 3. The zero-order valence-corrected chi connectivity index (χ0v) is 10.00. The van der Waals surface area contributed by atoms with Crippen molar-refractivity contribution in [1.82, 2.24) is 0 Å². The molecule has 0 spiro atoms. The number of benzene rings is 1. The van der Waals surface area contributed by atoms with Crippen LogP contribution in [-0.4, -0.2) is 9.91 Å². The summed E-state index contributed by atoms with van der Waals surface area (Å²) in [5.41, 5.74) is 2.13. The lowest BCUT2D eigenvalue weighted by Gasteiger charge is -2.30. The number of anilines is 1. The van der Waals surface area contributed by atoms with Gasteiger partial charge in [0.25, 0.3) is 5.69 Å². The van der Waals surface area contributed by atoms with Gasteiger partial charge in [-0.1, -0.05) is 18.6 Å². The number of nitrogens with zero attached hydrogens (tertiary/aromatic N) is 1. The lowest BCUT2D eigenvalue weighted by atomic mass is 9.84. The minimum Gasteiger partial charge on any atom is -0.349 e. The topological polar surface area (TPSA) is 55.2 Å². The van der Waals surface area contributed by atoms with Crippen LogP contribution in [0.4, 0.5) is 11.4 Å². The fraction of sp³-hybridized carbons (Fsp3) is 0.417. The lowest BCUT2D eigenvalue weighted by Crippen LogP contribution is -2.28. The summed E-state index contributed by atoms with van der Waals surface area (Å²) in [6.45, 7) is 0. The van der Waals surface area contributed by atoms with Gasteiger partial charge in [0.15, 0.2) is 0 Å². The molecule has 0 radical (unpaired) electrons. The Morgan fingerprint density at radius 1 is 1.35 bits per heavy atom. The smallest absolute Gasteiger partial charge is 0.271 e. The van der Waals surface area contributed by atoms with Crippen LogP contribution >= 0.6 is 12.2 Å². The zero-order valence-electron chi connectivity index (χ0n) is 9.18. The first-order chi connectivity index (χ1) is 8.16. The van der Waals surface area contributed by atoms with Crippen molar-refractivity contribution in [3.05, 3.63) is 33.9 Å². The number of rotatable bonds is 1. The molecular formula is C12H12N2O2S. The van der Waals surface area contributed by atoms with E-state index in [2.05, 4.69) is 5.32 Å². The van der Waals surface area contributed by atoms with Crippen molar-refractivity contribution in [2.75, 3.05) is 5.32 Å². The molecule has 17 heavy (non-hydrogen) atoms. The monoisotopic (exact) mass is 248 g/mol. The molecule has 1 aromatic rings. The largest absolute Gasteiger partial charge is 0.349 e. The Hall–Kier alpha value is -1.49.